The minimum absolute atomic E-state index is 0.227. The highest BCUT2D eigenvalue weighted by molar-refractivity contribution is 5.53. The predicted molar refractivity (Wildman–Crippen MR) is 96.4 cm³/mol. The van der Waals surface area contributed by atoms with E-state index in [1.54, 1.807) is 0 Å². The topological polar surface area (TPSA) is 56.4 Å². The van der Waals surface area contributed by atoms with Crippen LogP contribution in [0.5, 0.6) is 0 Å². The molecule has 132 valence electrons. The van der Waals surface area contributed by atoms with Gasteiger partial charge in [-0.3, -0.25) is 4.68 Å². The Bertz CT molecular complexity index is 846. The maximum absolute atomic E-state index is 5.47. The number of pyridine rings is 1. The Morgan fingerprint density at radius 1 is 1.32 bits per heavy atom. The lowest BCUT2D eigenvalue weighted by Gasteiger charge is -2.19. The monoisotopic (exact) mass is 339 g/mol. The van der Waals surface area contributed by atoms with Gasteiger partial charge in [-0.05, 0) is 38.0 Å². The van der Waals surface area contributed by atoms with E-state index in [0.29, 0.717) is 5.92 Å². The van der Waals surface area contributed by atoms with Crippen molar-refractivity contribution in [3.63, 3.8) is 0 Å². The number of nitrogens with one attached hydrogen (secondary N) is 1. The zero-order valence-corrected chi connectivity index (χ0v) is 14.9. The van der Waals surface area contributed by atoms with Gasteiger partial charge in [0.15, 0.2) is 0 Å². The van der Waals surface area contributed by atoms with Gasteiger partial charge in [0.2, 0.25) is 0 Å². The van der Waals surface area contributed by atoms with E-state index >= 15 is 0 Å². The number of hydrogen-bond donors (Lipinski definition) is 1. The third kappa shape index (κ3) is 3.32. The minimum Gasteiger partial charge on any atom is -0.381 e. The molecule has 0 aliphatic carbocycles. The Morgan fingerprint density at radius 3 is 3.00 bits per heavy atom. The lowest BCUT2D eigenvalue weighted by molar-refractivity contribution is 0.0844. The third-order valence-corrected chi connectivity index (χ3v) is 5.12. The average molecular weight is 339 g/mol. The highest BCUT2D eigenvalue weighted by atomic mass is 16.5. The van der Waals surface area contributed by atoms with Crippen molar-refractivity contribution >= 4 is 5.52 Å². The van der Waals surface area contributed by atoms with E-state index in [1.807, 2.05) is 40.8 Å². The van der Waals surface area contributed by atoms with Crippen LogP contribution < -0.4 is 5.32 Å². The molecule has 0 saturated carbocycles. The summed E-state index contributed by atoms with van der Waals surface area (Å²) < 4.78 is 9.39. The quantitative estimate of drug-likeness (QED) is 0.777. The first kappa shape index (κ1) is 16.3. The molecule has 0 spiro atoms. The molecule has 4 heterocycles. The molecular formula is C19H25N5O. The van der Waals surface area contributed by atoms with Crippen LogP contribution in [0.2, 0.25) is 0 Å². The van der Waals surface area contributed by atoms with E-state index in [2.05, 4.69) is 29.5 Å². The van der Waals surface area contributed by atoms with Gasteiger partial charge in [0.1, 0.15) is 0 Å². The second-order valence-electron chi connectivity index (χ2n) is 6.81. The molecule has 6 heteroatoms. The molecule has 0 aromatic carbocycles. The fourth-order valence-corrected chi connectivity index (χ4v) is 3.59. The summed E-state index contributed by atoms with van der Waals surface area (Å²) in [6.45, 7) is 4.67. The summed E-state index contributed by atoms with van der Waals surface area (Å²) in [5, 5.41) is 12.8. The summed E-state index contributed by atoms with van der Waals surface area (Å²) in [5.41, 5.74) is 4.78. The van der Waals surface area contributed by atoms with Gasteiger partial charge in [-0.15, -0.1) is 0 Å². The normalized spacial score (nSPS) is 17.2. The molecule has 0 radical (unpaired) electrons. The minimum atomic E-state index is 0.227. The van der Waals surface area contributed by atoms with E-state index in [9.17, 15) is 0 Å². The smallest absolute Gasteiger partial charge is 0.0706 e. The van der Waals surface area contributed by atoms with Gasteiger partial charge in [0.25, 0.3) is 0 Å². The van der Waals surface area contributed by atoms with E-state index in [4.69, 9.17) is 9.84 Å². The number of aryl methyl sites for hydroxylation is 1. The molecule has 1 unspecified atom stereocenters. The Morgan fingerprint density at radius 2 is 2.16 bits per heavy atom. The largest absolute Gasteiger partial charge is 0.381 e. The molecule has 3 aromatic heterocycles. The summed E-state index contributed by atoms with van der Waals surface area (Å²) >= 11 is 0. The summed E-state index contributed by atoms with van der Waals surface area (Å²) in [7, 11) is 2.03. The molecule has 1 fully saturated rings. The van der Waals surface area contributed by atoms with Crippen LogP contribution in [0, 0.1) is 0 Å². The molecule has 1 N–H and O–H groups in total. The standard InChI is InChI=1S/C19H25N5O/c1-14(20-12-16-13-21-24-8-4-3-5-18(16)24)19-11-17(22-23(19)2)15-6-9-25-10-7-15/h3-5,8,11,13-15,20H,6-7,9-10,12H2,1-2H3. The van der Waals surface area contributed by atoms with Crippen LogP contribution in [0.4, 0.5) is 0 Å². The van der Waals surface area contributed by atoms with Crippen molar-refractivity contribution in [1.82, 2.24) is 24.7 Å². The van der Waals surface area contributed by atoms with E-state index < -0.39 is 0 Å². The lowest BCUT2D eigenvalue weighted by atomic mass is 9.96. The molecule has 0 bridgehead atoms. The summed E-state index contributed by atoms with van der Waals surface area (Å²) in [6, 6.07) is 8.62. The van der Waals surface area contributed by atoms with Crippen LogP contribution in [-0.4, -0.2) is 32.6 Å². The molecule has 0 amide bonds. The molecule has 1 aliphatic rings. The summed E-state index contributed by atoms with van der Waals surface area (Å²) in [4.78, 5) is 0. The van der Waals surface area contributed by atoms with Gasteiger partial charge in [0.05, 0.1) is 23.1 Å². The van der Waals surface area contributed by atoms with Crippen LogP contribution in [0.1, 0.15) is 48.7 Å². The van der Waals surface area contributed by atoms with Crippen LogP contribution >= 0.6 is 0 Å². The van der Waals surface area contributed by atoms with Crippen molar-refractivity contribution in [3.05, 3.63) is 53.6 Å². The van der Waals surface area contributed by atoms with Gasteiger partial charge in [-0.2, -0.15) is 10.2 Å². The van der Waals surface area contributed by atoms with E-state index in [0.717, 1.165) is 38.1 Å². The highest BCUT2D eigenvalue weighted by Gasteiger charge is 2.21. The van der Waals surface area contributed by atoms with Crippen molar-refractivity contribution < 1.29 is 4.74 Å². The van der Waals surface area contributed by atoms with Crippen LogP contribution in [0.3, 0.4) is 0 Å². The zero-order chi connectivity index (χ0) is 17.2. The van der Waals surface area contributed by atoms with E-state index in [-0.39, 0.29) is 6.04 Å². The second kappa shape index (κ2) is 6.98. The molecular weight excluding hydrogens is 314 g/mol. The van der Waals surface area contributed by atoms with E-state index in [1.165, 1.54) is 17.0 Å². The molecule has 25 heavy (non-hydrogen) atoms. The van der Waals surface area contributed by atoms with Crippen molar-refractivity contribution in [2.45, 2.75) is 38.3 Å². The lowest BCUT2D eigenvalue weighted by Crippen LogP contribution is -2.20. The molecule has 6 nitrogen and oxygen atoms in total. The van der Waals surface area contributed by atoms with Crippen molar-refractivity contribution in [1.29, 1.82) is 0 Å². The fraction of sp³-hybridized carbons (Fsp3) is 0.474. The maximum atomic E-state index is 5.47. The van der Waals surface area contributed by atoms with Gasteiger partial charge in [-0.1, -0.05) is 6.07 Å². The number of hydrogen-bond acceptors (Lipinski definition) is 4. The summed E-state index contributed by atoms with van der Waals surface area (Å²) in [6.07, 6.45) is 6.05. The van der Waals surface area contributed by atoms with Gasteiger partial charge in [0, 0.05) is 50.5 Å². The predicted octanol–water partition coefficient (Wildman–Crippen LogP) is 2.81. The van der Waals surface area contributed by atoms with Crippen LogP contribution in [0.25, 0.3) is 5.52 Å². The Balaban J connectivity index is 1.45. The SMILES string of the molecule is CC(NCc1cnn2ccccc12)c1cc(C2CCOCC2)nn1C. The first-order valence-corrected chi connectivity index (χ1v) is 8.98. The molecule has 3 aromatic rings. The van der Waals surface area contributed by atoms with Gasteiger partial charge in [-0.25, -0.2) is 4.52 Å². The first-order valence-electron chi connectivity index (χ1n) is 8.98. The Kier molecular flexibility index (Phi) is 4.55. The molecule has 1 atom stereocenters. The first-order chi connectivity index (χ1) is 12.2. The van der Waals surface area contributed by atoms with Crippen LogP contribution in [0.15, 0.2) is 36.7 Å². The van der Waals surface area contributed by atoms with Crippen molar-refractivity contribution in [2.75, 3.05) is 13.2 Å². The number of fused-ring (bicyclic) bond motifs is 1. The number of ether oxygens (including phenoxy) is 1. The van der Waals surface area contributed by atoms with Crippen molar-refractivity contribution in [2.24, 2.45) is 7.05 Å². The molecule has 4 rings (SSSR count). The number of nitrogens with zero attached hydrogens (tertiary/aromatic N) is 4. The average Bonchev–Trinajstić information content (AvgIpc) is 3.24. The second-order valence-corrected chi connectivity index (χ2v) is 6.81. The highest BCUT2D eigenvalue weighted by Crippen LogP contribution is 2.27. The Hall–Kier alpha value is -2.18. The van der Waals surface area contributed by atoms with Crippen LogP contribution in [-0.2, 0) is 18.3 Å². The van der Waals surface area contributed by atoms with Gasteiger partial charge < -0.3 is 10.1 Å². The number of rotatable bonds is 5. The molecule has 1 aliphatic heterocycles. The zero-order valence-electron chi connectivity index (χ0n) is 14.9. The van der Waals surface area contributed by atoms with Gasteiger partial charge >= 0.3 is 0 Å². The third-order valence-electron chi connectivity index (χ3n) is 5.12. The van der Waals surface area contributed by atoms with Crippen molar-refractivity contribution in [3.8, 4) is 0 Å². The summed E-state index contributed by atoms with van der Waals surface area (Å²) in [5.74, 6) is 0.528. The maximum Gasteiger partial charge on any atom is 0.0706 e. The fourth-order valence-electron chi connectivity index (χ4n) is 3.59. The Labute approximate surface area is 147 Å². The molecule has 1 saturated heterocycles. The number of aromatic nitrogens is 4.